The predicted octanol–water partition coefficient (Wildman–Crippen LogP) is 2.77. The molecule has 3 aromatic rings. The van der Waals surface area contributed by atoms with Crippen molar-refractivity contribution in [2.24, 2.45) is 7.05 Å². The fraction of sp³-hybridized carbons (Fsp3) is 0.375. The Bertz CT molecular complexity index is 810. The second-order valence-electron chi connectivity index (χ2n) is 5.69. The molecule has 1 N–H and O–H groups in total. The maximum Gasteiger partial charge on any atom is 0.237 e. The highest BCUT2D eigenvalue weighted by Crippen LogP contribution is 2.23. The van der Waals surface area contributed by atoms with Crippen LogP contribution in [0.3, 0.4) is 0 Å². The lowest BCUT2D eigenvalue weighted by atomic mass is 10.0. The summed E-state index contributed by atoms with van der Waals surface area (Å²) in [6.45, 7) is 4.18. The van der Waals surface area contributed by atoms with Crippen LogP contribution in [-0.2, 0) is 19.4 Å². The topological polar surface area (TPSA) is 89.9 Å². The highest BCUT2D eigenvalue weighted by atomic mass is 32.2. The van der Waals surface area contributed by atoms with Gasteiger partial charge < -0.3 is 14.2 Å². The van der Waals surface area contributed by atoms with Crippen LogP contribution in [0, 0.1) is 0 Å². The van der Waals surface area contributed by atoms with Crippen LogP contribution in [0.2, 0.25) is 0 Å². The van der Waals surface area contributed by atoms with Crippen molar-refractivity contribution in [3.8, 4) is 11.4 Å². The molecule has 0 amide bonds. The maximum atomic E-state index is 9.13. The van der Waals surface area contributed by atoms with Crippen molar-refractivity contribution in [2.75, 3.05) is 0 Å². The molecule has 0 saturated heterocycles. The molecule has 0 atom stereocenters. The summed E-state index contributed by atoms with van der Waals surface area (Å²) >= 11 is 1.43. The SMILES string of the molecule is CC(C)c1ccc(-c2noc(CSc3nnc(CO)n3C)n2)cc1. The summed E-state index contributed by atoms with van der Waals surface area (Å²) in [6, 6.07) is 8.18. The molecule has 7 nitrogen and oxygen atoms in total. The van der Waals surface area contributed by atoms with Gasteiger partial charge in [0, 0.05) is 12.6 Å². The summed E-state index contributed by atoms with van der Waals surface area (Å²) in [4.78, 5) is 4.42. The summed E-state index contributed by atoms with van der Waals surface area (Å²) in [6.07, 6.45) is 0. The number of rotatable bonds is 6. The minimum Gasteiger partial charge on any atom is -0.388 e. The normalized spacial score (nSPS) is 11.4. The van der Waals surface area contributed by atoms with Crippen LogP contribution in [0.4, 0.5) is 0 Å². The Hall–Kier alpha value is -2.19. The van der Waals surface area contributed by atoms with Crippen LogP contribution < -0.4 is 0 Å². The van der Waals surface area contributed by atoms with Gasteiger partial charge in [0.15, 0.2) is 11.0 Å². The summed E-state index contributed by atoms with van der Waals surface area (Å²) in [5, 5.41) is 21.8. The van der Waals surface area contributed by atoms with Crippen LogP contribution in [0.15, 0.2) is 33.9 Å². The number of aromatic nitrogens is 5. The van der Waals surface area contributed by atoms with Crippen LogP contribution in [0.1, 0.15) is 37.0 Å². The van der Waals surface area contributed by atoms with E-state index >= 15 is 0 Å². The zero-order valence-corrected chi connectivity index (χ0v) is 14.6. The Morgan fingerprint density at radius 3 is 2.58 bits per heavy atom. The Balaban J connectivity index is 1.68. The van der Waals surface area contributed by atoms with Gasteiger partial charge in [0.25, 0.3) is 0 Å². The first kappa shape index (κ1) is 16.7. The smallest absolute Gasteiger partial charge is 0.237 e. The molecule has 0 unspecified atom stereocenters. The summed E-state index contributed by atoms with van der Waals surface area (Å²) in [5.74, 6) is 2.61. The van der Waals surface area contributed by atoms with Crippen LogP contribution in [0.25, 0.3) is 11.4 Å². The molecule has 0 saturated carbocycles. The first-order valence-corrected chi connectivity index (χ1v) is 8.62. The third-order valence-corrected chi connectivity index (χ3v) is 4.70. The van der Waals surface area contributed by atoms with Crippen molar-refractivity contribution in [3.63, 3.8) is 0 Å². The van der Waals surface area contributed by atoms with E-state index in [1.807, 2.05) is 19.2 Å². The van der Waals surface area contributed by atoms with E-state index in [1.54, 1.807) is 4.57 Å². The molecule has 0 spiro atoms. The number of nitrogens with zero attached hydrogens (tertiary/aromatic N) is 5. The average Bonchev–Trinajstić information content (AvgIpc) is 3.19. The zero-order valence-electron chi connectivity index (χ0n) is 13.8. The molecule has 0 bridgehead atoms. The summed E-state index contributed by atoms with van der Waals surface area (Å²) < 4.78 is 7.05. The van der Waals surface area contributed by atoms with Gasteiger partial charge in [0.05, 0.1) is 5.75 Å². The second-order valence-corrected chi connectivity index (χ2v) is 6.64. The van der Waals surface area contributed by atoms with Gasteiger partial charge in [-0.1, -0.05) is 55.0 Å². The molecule has 0 aliphatic rings. The molecule has 8 heteroatoms. The van der Waals surface area contributed by atoms with Crippen molar-refractivity contribution in [3.05, 3.63) is 41.5 Å². The number of aliphatic hydroxyl groups is 1. The third kappa shape index (κ3) is 3.49. The van der Waals surface area contributed by atoms with Crippen molar-refractivity contribution < 1.29 is 9.63 Å². The van der Waals surface area contributed by atoms with Crippen LogP contribution >= 0.6 is 11.8 Å². The van der Waals surface area contributed by atoms with Gasteiger partial charge in [-0.2, -0.15) is 4.98 Å². The van der Waals surface area contributed by atoms with E-state index in [4.69, 9.17) is 9.63 Å². The number of hydrogen-bond donors (Lipinski definition) is 1. The Morgan fingerprint density at radius 1 is 1.21 bits per heavy atom. The highest BCUT2D eigenvalue weighted by Gasteiger charge is 2.13. The molecule has 24 heavy (non-hydrogen) atoms. The first-order chi connectivity index (χ1) is 11.6. The van der Waals surface area contributed by atoms with Gasteiger partial charge in [-0.3, -0.25) is 0 Å². The number of benzene rings is 1. The number of hydrogen-bond acceptors (Lipinski definition) is 7. The third-order valence-electron chi connectivity index (χ3n) is 3.69. The van der Waals surface area contributed by atoms with Crippen molar-refractivity contribution in [1.29, 1.82) is 0 Å². The Labute approximate surface area is 144 Å². The van der Waals surface area contributed by atoms with E-state index in [9.17, 15) is 0 Å². The molecule has 0 aliphatic heterocycles. The van der Waals surface area contributed by atoms with Gasteiger partial charge in [-0.05, 0) is 11.5 Å². The quantitative estimate of drug-likeness (QED) is 0.687. The standard InChI is InChI=1S/C16H19N5O2S/c1-10(2)11-4-6-12(7-5-11)15-17-14(23-20-15)9-24-16-19-18-13(8-22)21(16)3/h4-7,10,22H,8-9H2,1-3H3. The lowest BCUT2D eigenvalue weighted by Crippen LogP contribution is -1.98. The average molecular weight is 345 g/mol. The molecule has 0 aliphatic carbocycles. The Kier molecular flexibility index (Phi) is 4.96. The van der Waals surface area contributed by atoms with Crippen molar-refractivity contribution in [2.45, 2.75) is 37.3 Å². The van der Waals surface area contributed by atoms with E-state index in [-0.39, 0.29) is 6.61 Å². The molecule has 2 heterocycles. The van der Waals surface area contributed by atoms with Gasteiger partial charge in [0.2, 0.25) is 11.7 Å². The summed E-state index contributed by atoms with van der Waals surface area (Å²) in [7, 11) is 1.81. The lowest BCUT2D eigenvalue weighted by molar-refractivity contribution is 0.266. The molecule has 1 aromatic carbocycles. The zero-order chi connectivity index (χ0) is 17.1. The van der Waals surface area contributed by atoms with E-state index in [1.165, 1.54) is 17.3 Å². The van der Waals surface area contributed by atoms with Gasteiger partial charge in [0.1, 0.15) is 6.61 Å². The lowest BCUT2D eigenvalue weighted by Gasteiger charge is -2.04. The van der Waals surface area contributed by atoms with E-state index in [0.29, 0.717) is 34.4 Å². The molecule has 126 valence electrons. The predicted molar refractivity (Wildman–Crippen MR) is 90.3 cm³/mol. The van der Waals surface area contributed by atoms with E-state index < -0.39 is 0 Å². The van der Waals surface area contributed by atoms with E-state index in [2.05, 4.69) is 46.3 Å². The highest BCUT2D eigenvalue weighted by molar-refractivity contribution is 7.98. The monoisotopic (exact) mass is 345 g/mol. The van der Waals surface area contributed by atoms with Crippen LogP contribution in [-0.4, -0.2) is 30.0 Å². The minimum absolute atomic E-state index is 0.138. The largest absolute Gasteiger partial charge is 0.388 e. The van der Waals surface area contributed by atoms with Gasteiger partial charge in [-0.15, -0.1) is 10.2 Å². The maximum absolute atomic E-state index is 9.13. The minimum atomic E-state index is -0.138. The fourth-order valence-corrected chi connectivity index (χ4v) is 2.95. The van der Waals surface area contributed by atoms with Crippen LogP contribution in [0.5, 0.6) is 0 Å². The van der Waals surface area contributed by atoms with Crippen molar-refractivity contribution >= 4 is 11.8 Å². The first-order valence-electron chi connectivity index (χ1n) is 7.63. The molecular weight excluding hydrogens is 326 g/mol. The second kappa shape index (κ2) is 7.14. The Morgan fingerprint density at radius 2 is 1.96 bits per heavy atom. The summed E-state index contributed by atoms with van der Waals surface area (Å²) in [5.41, 5.74) is 2.21. The number of aliphatic hydroxyl groups excluding tert-OH is 1. The van der Waals surface area contributed by atoms with Gasteiger partial charge in [-0.25, -0.2) is 0 Å². The van der Waals surface area contributed by atoms with Gasteiger partial charge >= 0.3 is 0 Å². The van der Waals surface area contributed by atoms with E-state index in [0.717, 1.165) is 5.56 Å². The fourth-order valence-electron chi connectivity index (χ4n) is 2.18. The molecular formula is C16H19N5O2S. The number of thioether (sulfide) groups is 1. The van der Waals surface area contributed by atoms with Crippen molar-refractivity contribution in [1.82, 2.24) is 24.9 Å². The molecule has 0 fully saturated rings. The molecule has 2 aromatic heterocycles. The molecule has 3 rings (SSSR count). The molecule has 0 radical (unpaired) electrons.